The maximum atomic E-state index is 13.4. The first-order valence-electron chi connectivity index (χ1n) is 5.68. The number of rotatable bonds is 5. The third kappa shape index (κ3) is 4.19. The van der Waals surface area contributed by atoms with Crippen LogP contribution in [0.1, 0.15) is 12.5 Å². The van der Waals surface area contributed by atoms with Crippen molar-refractivity contribution >= 4 is 5.97 Å². The van der Waals surface area contributed by atoms with Gasteiger partial charge < -0.3 is 20.7 Å². The highest BCUT2D eigenvalue weighted by molar-refractivity contribution is 5.75. The van der Waals surface area contributed by atoms with Crippen LogP contribution in [0.3, 0.4) is 0 Å². The number of carbonyl (C=O) groups excluding carboxylic acids is 1. The van der Waals surface area contributed by atoms with E-state index in [4.69, 9.17) is 10.8 Å². The first-order chi connectivity index (χ1) is 9.22. The Morgan fingerprint density at radius 3 is 2.35 bits per heavy atom. The van der Waals surface area contributed by atoms with Crippen LogP contribution in [-0.2, 0) is 16.0 Å². The Morgan fingerprint density at radius 2 is 1.80 bits per heavy atom. The van der Waals surface area contributed by atoms with Gasteiger partial charge in [0.25, 0.3) is 0 Å². The van der Waals surface area contributed by atoms with Crippen molar-refractivity contribution in [3.05, 3.63) is 35.1 Å². The van der Waals surface area contributed by atoms with Crippen LogP contribution in [0, 0.1) is 17.5 Å². The van der Waals surface area contributed by atoms with Crippen molar-refractivity contribution in [2.75, 3.05) is 0 Å². The molecule has 1 aromatic rings. The minimum Gasteiger partial charge on any atom is -0.434 e. The molecule has 20 heavy (non-hydrogen) atoms. The molecule has 0 aromatic heterocycles. The highest BCUT2D eigenvalue weighted by Gasteiger charge is 2.27. The van der Waals surface area contributed by atoms with Gasteiger partial charge in [0.15, 0.2) is 24.0 Å². The topological polar surface area (TPSA) is 92.8 Å². The lowest BCUT2D eigenvalue weighted by atomic mass is 10.0. The molecule has 4 N–H and O–H groups in total. The summed E-state index contributed by atoms with van der Waals surface area (Å²) in [6.45, 7) is 1.14. The van der Waals surface area contributed by atoms with Crippen LogP contribution in [0.25, 0.3) is 0 Å². The van der Waals surface area contributed by atoms with Gasteiger partial charge in [-0.15, -0.1) is 0 Å². The highest BCUT2D eigenvalue weighted by atomic mass is 19.2. The Bertz CT molecular complexity index is 496. The smallest absolute Gasteiger partial charge is 0.338 e. The van der Waals surface area contributed by atoms with Gasteiger partial charge in [-0.25, -0.2) is 18.0 Å². The number of aliphatic hydroxyl groups is 2. The molecule has 1 aromatic carbocycles. The molecule has 1 rings (SSSR count). The molecule has 0 saturated heterocycles. The number of nitrogens with two attached hydrogens (primary N) is 1. The second-order valence-electron chi connectivity index (χ2n) is 4.21. The number of ether oxygens (including phenoxy) is 1. The molecule has 3 unspecified atom stereocenters. The van der Waals surface area contributed by atoms with Gasteiger partial charge in [-0.2, -0.15) is 0 Å². The average Bonchev–Trinajstić information content (AvgIpc) is 2.33. The van der Waals surface area contributed by atoms with Crippen molar-refractivity contribution in [3.63, 3.8) is 0 Å². The third-order valence-electron chi connectivity index (χ3n) is 2.48. The van der Waals surface area contributed by atoms with E-state index in [0.717, 1.165) is 6.92 Å². The molecule has 5 nitrogen and oxygen atoms in total. The van der Waals surface area contributed by atoms with Crippen LogP contribution < -0.4 is 5.73 Å². The van der Waals surface area contributed by atoms with Gasteiger partial charge in [-0.1, -0.05) is 0 Å². The monoisotopic (exact) mass is 293 g/mol. The summed E-state index contributed by atoms with van der Waals surface area (Å²) in [6.07, 6.45) is -3.69. The Hall–Kier alpha value is -1.64. The normalized spacial score (nSPS) is 15.6. The van der Waals surface area contributed by atoms with E-state index in [0.29, 0.717) is 12.1 Å². The van der Waals surface area contributed by atoms with Gasteiger partial charge in [-0.05, 0) is 25.0 Å². The third-order valence-corrected chi connectivity index (χ3v) is 2.48. The van der Waals surface area contributed by atoms with Crippen LogP contribution in [0.15, 0.2) is 12.1 Å². The van der Waals surface area contributed by atoms with E-state index >= 15 is 0 Å². The molecule has 0 aliphatic rings. The molecule has 112 valence electrons. The number of carbonyl (C=O) groups is 1. The summed E-state index contributed by atoms with van der Waals surface area (Å²) in [4.78, 5) is 11.3. The van der Waals surface area contributed by atoms with Crippen molar-refractivity contribution in [2.45, 2.75) is 31.8 Å². The molecule has 0 bridgehead atoms. The van der Waals surface area contributed by atoms with Crippen molar-refractivity contribution in [1.29, 1.82) is 0 Å². The number of benzene rings is 1. The molecule has 8 heteroatoms. The predicted octanol–water partition coefficient (Wildman–Crippen LogP) is 0.216. The fourth-order valence-corrected chi connectivity index (χ4v) is 1.50. The van der Waals surface area contributed by atoms with E-state index in [-0.39, 0.29) is 5.56 Å². The zero-order valence-electron chi connectivity index (χ0n) is 10.5. The van der Waals surface area contributed by atoms with E-state index in [1.54, 1.807) is 0 Å². The lowest BCUT2D eigenvalue weighted by Crippen LogP contribution is -2.44. The molecule has 0 radical (unpaired) electrons. The number of hydrogen-bond acceptors (Lipinski definition) is 5. The SMILES string of the molecule is CC(O)OC(=O)C(O)C(N)Cc1cc(F)c(F)cc1F. The van der Waals surface area contributed by atoms with E-state index in [1.807, 2.05) is 0 Å². The number of halogens is 3. The predicted molar refractivity (Wildman–Crippen MR) is 61.8 cm³/mol. The summed E-state index contributed by atoms with van der Waals surface area (Å²) < 4.78 is 43.4. The zero-order valence-corrected chi connectivity index (χ0v) is 10.5. The second-order valence-corrected chi connectivity index (χ2v) is 4.21. The summed E-state index contributed by atoms with van der Waals surface area (Å²) in [5.41, 5.74) is 5.18. The number of hydrogen-bond donors (Lipinski definition) is 3. The fourth-order valence-electron chi connectivity index (χ4n) is 1.50. The lowest BCUT2D eigenvalue weighted by Gasteiger charge is -2.19. The van der Waals surface area contributed by atoms with Crippen molar-refractivity contribution in [1.82, 2.24) is 0 Å². The van der Waals surface area contributed by atoms with Gasteiger partial charge in [0.2, 0.25) is 0 Å². The largest absolute Gasteiger partial charge is 0.434 e. The van der Waals surface area contributed by atoms with Crippen LogP contribution in [0.2, 0.25) is 0 Å². The fraction of sp³-hybridized carbons (Fsp3) is 0.417. The summed E-state index contributed by atoms with van der Waals surface area (Å²) >= 11 is 0. The molecule has 0 saturated carbocycles. The molecule has 0 amide bonds. The van der Waals surface area contributed by atoms with E-state index in [2.05, 4.69) is 4.74 Å². The Labute approximate surface area is 112 Å². The van der Waals surface area contributed by atoms with Crippen LogP contribution in [0.4, 0.5) is 13.2 Å². The van der Waals surface area contributed by atoms with Gasteiger partial charge >= 0.3 is 5.97 Å². The maximum absolute atomic E-state index is 13.4. The second kappa shape index (κ2) is 6.69. The van der Waals surface area contributed by atoms with Crippen LogP contribution in [0.5, 0.6) is 0 Å². The summed E-state index contributed by atoms with van der Waals surface area (Å²) in [5.74, 6) is -4.87. The molecular formula is C12H14F3NO4. The number of esters is 1. The number of aliphatic hydroxyl groups excluding tert-OH is 2. The Morgan fingerprint density at radius 1 is 1.25 bits per heavy atom. The first kappa shape index (κ1) is 16.4. The highest BCUT2D eigenvalue weighted by Crippen LogP contribution is 2.16. The van der Waals surface area contributed by atoms with E-state index < -0.39 is 48.3 Å². The van der Waals surface area contributed by atoms with Crippen LogP contribution in [-0.4, -0.2) is 34.6 Å². The van der Waals surface area contributed by atoms with E-state index in [9.17, 15) is 23.1 Å². The Kier molecular flexibility index (Phi) is 5.49. The summed E-state index contributed by atoms with van der Waals surface area (Å²) in [6, 6.07) is -0.365. The van der Waals surface area contributed by atoms with Gasteiger partial charge in [0.1, 0.15) is 5.82 Å². The van der Waals surface area contributed by atoms with E-state index in [1.165, 1.54) is 0 Å². The minimum atomic E-state index is -1.84. The molecular weight excluding hydrogens is 279 g/mol. The molecule has 0 spiro atoms. The standard InChI is InChI=1S/C12H14F3NO4/c1-5(17)20-12(19)11(18)10(16)3-6-2-8(14)9(15)4-7(6)13/h2,4-5,10-11,17-18H,3,16H2,1H3. The van der Waals surface area contributed by atoms with Gasteiger partial charge in [-0.3, -0.25) is 0 Å². The lowest BCUT2D eigenvalue weighted by molar-refractivity contribution is -0.175. The molecule has 3 atom stereocenters. The quantitative estimate of drug-likeness (QED) is 0.410. The average molecular weight is 293 g/mol. The van der Waals surface area contributed by atoms with Crippen LogP contribution >= 0.6 is 0 Å². The molecule has 0 aliphatic carbocycles. The zero-order chi connectivity index (χ0) is 15.4. The first-order valence-corrected chi connectivity index (χ1v) is 5.68. The van der Waals surface area contributed by atoms with Gasteiger partial charge in [0, 0.05) is 12.1 Å². The molecule has 0 fully saturated rings. The molecule has 0 heterocycles. The molecule has 0 aliphatic heterocycles. The van der Waals surface area contributed by atoms with Crippen molar-refractivity contribution < 1.29 is 32.9 Å². The summed E-state index contributed by atoms with van der Waals surface area (Å²) in [7, 11) is 0. The van der Waals surface area contributed by atoms with Crippen molar-refractivity contribution in [2.24, 2.45) is 5.73 Å². The Balaban J connectivity index is 2.77. The minimum absolute atomic E-state index is 0.291. The maximum Gasteiger partial charge on any atom is 0.338 e. The van der Waals surface area contributed by atoms with Crippen molar-refractivity contribution in [3.8, 4) is 0 Å². The van der Waals surface area contributed by atoms with Gasteiger partial charge in [0.05, 0.1) is 0 Å². The summed E-state index contributed by atoms with van der Waals surface area (Å²) in [5, 5.41) is 18.3.